The van der Waals surface area contributed by atoms with Crippen LogP contribution < -0.4 is 16.2 Å². The minimum atomic E-state index is -0.791. The van der Waals surface area contributed by atoms with Gasteiger partial charge in [0.1, 0.15) is 23.7 Å². The maximum absolute atomic E-state index is 13.4. The number of carbonyl (C=O) groups excluding carboxylic acids is 2. The van der Waals surface area contributed by atoms with Crippen LogP contribution in [0, 0.1) is 10.8 Å². The molecule has 1 atom stereocenters. The lowest BCUT2D eigenvalue weighted by Crippen LogP contribution is -2.50. The van der Waals surface area contributed by atoms with Gasteiger partial charge in [-0.25, -0.2) is 4.79 Å². The van der Waals surface area contributed by atoms with Gasteiger partial charge >= 0.3 is 5.97 Å². The molecule has 190 valence electrons. The Hall–Kier alpha value is -4.08. The minimum Gasteiger partial charge on any atom is -0.490 e. The fraction of sp³-hybridized carbons (Fsp3) is 0.385. The Bertz CT molecular complexity index is 1170. The van der Waals surface area contributed by atoms with Gasteiger partial charge in [0, 0.05) is 50.0 Å². The Morgan fingerprint density at radius 2 is 1.86 bits per heavy atom. The second-order valence-electron chi connectivity index (χ2n) is 9.11. The van der Waals surface area contributed by atoms with Crippen molar-refractivity contribution in [1.29, 1.82) is 10.8 Å². The number of esters is 1. The van der Waals surface area contributed by atoms with E-state index in [1.54, 1.807) is 35.2 Å². The molecule has 2 aromatic carbocycles. The molecular weight excluding hydrogens is 460 g/mol. The number of rotatable bonds is 7. The first kappa shape index (κ1) is 25.0. The molecule has 1 unspecified atom stereocenters. The zero-order valence-electron chi connectivity index (χ0n) is 20.3. The van der Waals surface area contributed by atoms with Crippen LogP contribution in [0.4, 0.5) is 0 Å². The Balaban J connectivity index is 1.48. The number of methoxy groups -OCH3 is 1. The number of ether oxygens (including phenoxy) is 2. The number of nitrogens with zero attached hydrogens (tertiary/aromatic N) is 2. The van der Waals surface area contributed by atoms with Crippen LogP contribution in [0.5, 0.6) is 5.75 Å². The maximum atomic E-state index is 13.4. The summed E-state index contributed by atoms with van der Waals surface area (Å²) in [6.45, 7) is 1.74. The molecule has 10 heteroatoms. The van der Waals surface area contributed by atoms with Gasteiger partial charge in [0.2, 0.25) is 0 Å². The number of fused-ring (bicyclic) bond motifs is 1. The van der Waals surface area contributed by atoms with Gasteiger partial charge < -0.3 is 30.7 Å². The summed E-state index contributed by atoms with van der Waals surface area (Å²) in [6.07, 6.45) is 2.42. The van der Waals surface area contributed by atoms with E-state index in [0.29, 0.717) is 42.9 Å². The number of carbonyl (C=O) groups is 2. The third-order valence-electron chi connectivity index (χ3n) is 6.79. The predicted octanol–water partition coefficient (Wildman–Crippen LogP) is 1.49. The van der Waals surface area contributed by atoms with E-state index < -0.39 is 12.0 Å². The molecular formula is C26H32N6O4. The molecule has 0 bridgehead atoms. The Kier molecular flexibility index (Phi) is 7.42. The number of likely N-dealkylation sites (tertiary alicyclic amines) is 1. The van der Waals surface area contributed by atoms with Crippen LogP contribution in [0.3, 0.4) is 0 Å². The molecule has 2 heterocycles. The molecule has 4 rings (SSSR count). The topological polar surface area (TPSA) is 159 Å². The van der Waals surface area contributed by atoms with Crippen molar-refractivity contribution < 1.29 is 19.1 Å². The van der Waals surface area contributed by atoms with Gasteiger partial charge in [-0.3, -0.25) is 15.6 Å². The van der Waals surface area contributed by atoms with E-state index in [0.717, 1.165) is 24.0 Å². The standard InChI is InChI=1S/C26H32N6O4/c1-35-25(34)22(14-16-3-2-4-18(13-16)23(27)28)32-12-7-17-15-20(5-6-21(17)24(32)33)36-19-8-10-31(11-9-19)26(29)30/h2-6,13,15,19,22H,7-12,14H2,1H3,(H3,27,28)(H3,29,30). The third kappa shape index (κ3) is 5.42. The molecule has 1 amide bonds. The first-order valence-corrected chi connectivity index (χ1v) is 12.0. The van der Waals surface area contributed by atoms with Crippen molar-refractivity contribution in [3.63, 3.8) is 0 Å². The van der Waals surface area contributed by atoms with Crippen LogP contribution in [0.15, 0.2) is 42.5 Å². The monoisotopic (exact) mass is 492 g/mol. The molecule has 1 saturated heterocycles. The second kappa shape index (κ2) is 10.7. The minimum absolute atomic E-state index is 0.0314. The number of hydrogen-bond donors (Lipinski definition) is 4. The van der Waals surface area contributed by atoms with Crippen molar-refractivity contribution in [1.82, 2.24) is 9.80 Å². The summed E-state index contributed by atoms with van der Waals surface area (Å²) in [5, 5.41) is 15.2. The third-order valence-corrected chi connectivity index (χ3v) is 6.79. The zero-order chi connectivity index (χ0) is 25.8. The van der Waals surface area contributed by atoms with Crippen molar-refractivity contribution in [2.24, 2.45) is 11.5 Å². The van der Waals surface area contributed by atoms with Gasteiger partial charge in [-0.15, -0.1) is 0 Å². The summed E-state index contributed by atoms with van der Waals surface area (Å²) in [5.41, 5.74) is 14.0. The zero-order valence-corrected chi connectivity index (χ0v) is 20.3. The average Bonchev–Trinajstić information content (AvgIpc) is 2.88. The van der Waals surface area contributed by atoms with E-state index in [1.807, 2.05) is 17.0 Å². The molecule has 0 radical (unpaired) electrons. The highest BCUT2D eigenvalue weighted by Gasteiger charge is 2.35. The number of hydrogen-bond acceptors (Lipinski definition) is 6. The lowest BCUT2D eigenvalue weighted by atomic mass is 9.95. The van der Waals surface area contributed by atoms with Crippen LogP contribution in [0.25, 0.3) is 0 Å². The summed E-state index contributed by atoms with van der Waals surface area (Å²) in [5.74, 6) is 0.0217. The molecule has 10 nitrogen and oxygen atoms in total. The number of piperidine rings is 1. The van der Waals surface area contributed by atoms with Crippen molar-refractivity contribution in [3.8, 4) is 5.75 Å². The van der Waals surface area contributed by atoms with Gasteiger partial charge in [-0.05, 0) is 41.8 Å². The first-order valence-electron chi connectivity index (χ1n) is 12.0. The number of guanidine groups is 1. The SMILES string of the molecule is COC(=O)C(Cc1cccc(C(=N)N)c1)N1CCc2cc(OC3CCN(C(=N)N)CC3)ccc2C1=O. The molecule has 0 aliphatic carbocycles. The van der Waals surface area contributed by atoms with Crippen molar-refractivity contribution >= 4 is 23.7 Å². The van der Waals surface area contributed by atoms with Crippen LogP contribution in [0.2, 0.25) is 0 Å². The summed E-state index contributed by atoms with van der Waals surface area (Å²) >= 11 is 0. The van der Waals surface area contributed by atoms with Crippen LogP contribution >= 0.6 is 0 Å². The fourth-order valence-corrected chi connectivity index (χ4v) is 4.81. The first-order chi connectivity index (χ1) is 17.3. The number of amidine groups is 1. The summed E-state index contributed by atoms with van der Waals surface area (Å²) in [7, 11) is 1.31. The number of amides is 1. The molecule has 6 N–H and O–H groups in total. The van der Waals surface area contributed by atoms with Gasteiger partial charge in [-0.1, -0.05) is 18.2 Å². The summed E-state index contributed by atoms with van der Waals surface area (Å²) < 4.78 is 11.2. The van der Waals surface area contributed by atoms with Crippen LogP contribution in [0.1, 0.15) is 39.9 Å². The van der Waals surface area contributed by atoms with Gasteiger partial charge in [0.15, 0.2) is 5.96 Å². The van der Waals surface area contributed by atoms with E-state index in [4.69, 9.17) is 31.8 Å². The molecule has 2 aliphatic rings. The van der Waals surface area contributed by atoms with Crippen molar-refractivity contribution in [3.05, 3.63) is 64.7 Å². The van der Waals surface area contributed by atoms with Gasteiger partial charge in [-0.2, -0.15) is 0 Å². The maximum Gasteiger partial charge on any atom is 0.328 e. The van der Waals surface area contributed by atoms with Crippen molar-refractivity contribution in [2.75, 3.05) is 26.7 Å². The molecule has 1 fully saturated rings. The molecule has 0 spiro atoms. The lowest BCUT2D eigenvalue weighted by molar-refractivity contribution is -0.146. The van der Waals surface area contributed by atoms with E-state index >= 15 is 0 Å². The van der Waals surface area contributed by atoms with Crippen LogP contribution in [-0.2, 0) is 22.4 Å². The Morgan fingerprint density at radius 1 is 1.11 bits per heavy atom. The van der Waals surface area contributed by atoms with E-state index in [2.05, 4.69) is 0 Å². The lowest BCUT2D eigenvalue weighted by Gasteiger charge is -2.35. The normalized spacial score (nSPS) is 16.8. The van der Waals surface area contributed by atoms with E-state index in [9.17, 15) is 9.59 Å². The quantitative estimate of drug-likeness (QED) is 0.259. The predicted molar refractivity (Wildman–Crippen MR) is 135 cm³/mol. The van der Waals surface area contributed by atoms with Crippen LogP contribution in [-0.4, -0.2) is 72.4 Å². The highest BCUT2D eigenvalue weighted by molar-refractivity contribution is 5.99. The molecule has 2 aliphatic heterocycles. The molecule has 36 heavy (non-hydrogen) atoms. The van der Waals surface area contributed by atoms with E-state index in [-0.39, 0.29) is 30.2 Å². The second-order valence-corrected chi connectivity index (χ2v) is 9.11. The average molecular weight is 493 g/mol. The van der Waals surface area contributed by atoms with Crippen molar-refractivity contribution in [2.45, 2.75) is 37.8 Å². The highest BCUT2D eigenvalue weighted by Crippen LogP contribution is 2.28. The molecule has 0 saturated carbocycles. The van der Waals surface area contributed by atoms with Gasteiger partial charge in [0.05, 0.1) is 7.11 Å². The number of nitrogen functional groups attached to an aromatic ring is 1. The summed E-state index contributed by atoms with van der Waals surface area (Å²) in [4.78, 5) is 29.5. The number of benzene rings is 2. The summed E-state index contributed by atoms with van der Waals surface area (Å²) in [6, 6.07) is 11.8. The number of nitrogens with one attached hydrogen (secondary N) is 2. The Morgan fingerprint density at radius 3 is 2.53 bits per heavy atom. The molecule has 0 aromatic heterocycles. The van der Waals surface area contributed by atoms with E-state index in [1.165, 1.54) is 7.11 Å². The molecule has 2 aromatic rings. The Labute approximate surface area is 210 Å². The smallest absolute Gasteiger partial charge is 0.328 e. The van der Waals surface area contributed by atoms with Gasteiger partial charge in [0.25, 0.3) is 5.91 Å². The fourth-order valence-electron chi connectivity index (χ4n) is 4.81. The highest BCUT2D eigenvalue weighted by atomic mass is 16.5. The number of nitrogens with two attached hydrogens (primary N) is 2. The largest absolute Gasteiger partial charge is 0.490 e.